The lowest BCUT2D eigenvalue weighted by molar-refractivity contribution is 0.152. The fraction of sp³-hybridized carbons (Fsp3) is 0.462. The molecule has 19 heavy (non-hydrogen) atoms. The zero-order chi connectivity index (χ0) is 14.0. The maximum atomic E-state index is 11.1. The van der Waals surface area contributed by atoms with Crippen molar-refractivity contribution in [2.45, 2.75) is 12.3 Å². The first kappa shape index (κ1) is 14.1. The predicted molar refractivity (Wildman–Crippen MR) is 73.3 cm³/mol. The fourth-order valence-electron chi connectivity index (χ4n) is 2.67. The number of carbonyl (C=O) groups is 1. The molecule has 0 aromatic heterocycles. The number of aliphatic hydroxyl groups excluding tert-OH is 1. The first-order valence-corrected chi connectivity index (χ1v) is 6.90. The molecular formula is C13H16BrNO4. The Morgan fingerprint density at radius 3 is 2.79 bits per heavy atom. The SMILES string of the molecule is O=C(O)N1CC(CCO)C(c2cccc(Br)c2O)C1. The van der Waals surface area contributed by atoms with Crippen LogP contribution in [0.1, 0.15) is 17.9 Å². The van der Waals surface area contributed by atoms with Crippen LogP contribution in [0.4, 0.5) is 4.79 Å². The molecule has 1 aliphatic heterocycles. The number of nitrogens with zero attached hydrogens (tertiary/aromatic N) is 1. The van der Waals surface area contributed by atoms with Gasteiger partial charge in [0.25, 0.3) is 0 Å². The summed E-state index contributed by atoms with van der Waals surface area (Å²) in [5.41, 5.74) is 0.733. The Labute approximate surface area is 119 Å². The number of rotatable bonds is 3. The van der Waals surface area contributed by atoms with Gasteiger partial charge in [0.15, 0.2) is 0 Å². The van der Waals surface area contributed by atoms with Gasteiger partial charge in [-0.15, -0.1) is 0 Å². The summed E-state index contributed by atoms with van der Waals surface area (Å²) in [6.45, 7) is 0.764. The van der Waals surface area contributed by atoms with Gasteiger partial charge in [-0.25, -0.2) is 4.79 Å². The van der Waals surface area contributed by atoms with E-state index in [2.05, 4.69) is 15.9 Å². The largest absolute Gasteiger partial charge is 0.506 e. The predicted octanol–water partition coefficient (Wildman–Crippen LogP) is 2.23. The number of carboxylic acid groups (broad SMARTS) is 1. The highest BCUT2D eigenvalue weighted by Crippen LogP contribution is 2.41. The lowest BCUT2D eigenvalue weighted by Gasteiger charge is -2.19. The van der Waals surface area contributed by atoms with Crippen molar-refractivity contribution in [3.63, 3.8) is 0 Å². The maximum Gasteiger partial charge on any atom is 0.407 e. The Balaban J connectivity index is 2.30. The molecule has 0 aliphatic carbocycles. The molecule has 1 amide bonds. The van der Waals surface area contributed by atoms with Crippen molar-refractivity contribution >= 4 is 22.0 Å². The quantitative estimate of drug-likeness (QED) is 0.794. The maximum absolute atomic E-state index is 11.1. The molecule has 1 aliphatic rings. The third-order valence-corrected chi connectivity index (χ3v) is 4.27. The van der Waals surface area contributed by atoms with Crippen molar-refractivity contribution in [2.24, 2.45) is 5.92 Å². The third kappa shape index (κ3) is 2.84. The molecule has 0 saturated carbocycles. The highest BCUT2D eigenvalue weighted by Gasteiger charge is 2.37. The molecular weight excluding hydrogens is 314 g/mol. The number of hydrogen-bond donors (Lipinski definition) is 3. The average Bonchev–Trinajstić information content (AvgIpc) is 2.77. The molecule has 0 radical (unpaired) electrons. The van der Waals surface area contributed by atoms with Crippen LogP contribution in [0.3, 0.4) is 0 Å². The number of hydrogen-bond acceptors (Lipinski definition) is 3. The molecule has 2 rings (SSSR count). The highest BCUT2D eigenvalue weighted by atomic mass is 79.9. The molecule has 1 aromatic rings. The molecule has 104 valence electrons. The van der Waals surface area contributed by atoms with Crippen LogP contribution < -0.4 is 0 Å². The number of aromatic hydroxyl groups is 1. The minimum atomic E-state index is -0.958. The van der Waals surface area contributed by atoms with Crippen LogP contribution in [0.15, 0.2) is 22.7 Å². The third-order valence-electron chi connectivity index (χ3n) is 3.63. The van der Waals surface area contributed by atoms with Crippen molar-refractivity contribution in [1.82, 2.24) is 4.90 Å². The Morgan fingerprint density at radius 1 is 1.42 bits per heavy atom. The number of phenols is 1. The number of amides is 1. The second-order valence-corrected chi connectivity index (χ2v) is 5.60. The van der Waals surface area contributed by atoms with Gasteiger partial charge in [-0.05, 0) is 34.3 Å². The van der Waals surface area contributed by atoms with Gasteiger partial charge in [-0.3, -0.25) is 0 Å². The van der Waals surface area contributed by atoms with Crippen molar-refractivity contribution in [3.05, 3.63) is 28.2 Å². The Morgan fingerprint density at radius 2 is 2.16 bits per heavy atom. The van der Waals surface area contributed by atoms with Crippen LogP contribution in [0.2, 0.25) is 0 Å². The van der Waals surface area contributed by atoms with Gasteiger partial charge in [0.1, 0.15) is 5.75 Å². The van der Waals surface area contributed by atoms with Crippen molar-refractivity contribution in [1.29, 1.82) is 0 Å². The molecule has 5 nitrogen and oxygen atoms in total. The van der Waals surface area contributed by atoms with Crippen LogP contribution in [0, 0.1) is 5.92 Å². The standard InChI is InChI=1S/C13H16BrNO4/c14-11-3-1-2-9(12(11)17)10-7-15(13(18)19)6-8(10)4-5-16/h1-3,8,10,16-17H,4-7H2,(H,18,19). The van der Waals surface area contributed by atoms with Crippen molar-refractivity contribution in [3.8, 4) is 5.75 Å². The number of para-hydroxylation sites is 1. The molecule has 3 N–H and O–H groups in total. The zero-order valence-corrected chi connectivity index (χ0v) is 11.9. The first-order valence-electron chi connectivity index (χ1n) is 6.10. The van der Waals surface area contributed by atoms with Crippen LogP contribution in [-0.4, -0.2) is 46.0 Å². The first-order chi connectivity index (χ1) is 9.04. The topological polar surface area (TPSA) is 81.0 Å². The Bertz CT molecular complexity index is 480. The summed E-state index contributed by atoms with van der Waals surface area (Å²) in [6.07, 6.45) is -0.430. The molecule has 0 spiro atoms. The van der Waals surface area contributed by atoms with E-state index in [0.717, 1.165) is 5.56 Å². The van der Waals surface area contributed by atoms with E-state index in [0.29, 0.717) is 24.0 Å². The molecule has 2 atom stereocenters. The van der Waals surface area contributed by atoms with Crippen molar-refractivity contribution in [2.75, 3.05) is 19.7 Å². The van der Waals surface area contributed by atoms with Crippen molar-refractivity contribution < 1.29 is 20.1 Å². The summed E-state index contributed by atoms with van der Waals surface area (Å²) in [7, 11) is 0. The zero-order valence-electron chi connectivity index (χ0n) is 10.3. The van der Waals surface area contributed by atoms with E-state index in [4.69, 9.17) is 10.2 Å². The normalized spacial score (nSPS) is 22.7. The summed E-state index contributed by atoms with van der Waals surface area (Å²) in [5.74, 6) is 0.102. The van der Waals surface area contributed by atoms with Gasteiger partial charge < -0.3 is 20.2 Å². The van der Waals surface area contributed by atoms with E-state index >= 15 is 0 Å². The average molecular weight is 330 g/mol. The van der Waals surface area contributed by atoms with E-state index in [1.807, 2.05) is 6.07 Å². The van der Waals surface area contributed by atoms with E-state index in [1.165, 1.54) is 4.90 Å². The fourth-order valence-corrected chi connectivity index (χ4v) is 3.05. The van der Waals surface area contributed by atoms with Crippen LogP contribution in [-0.2, 0) is 0 Å². The van der Waals surface area contributed by atoms with Gasteiger partial charge in [0, 0.05) is 31.2 Å². The van der Waals surface area contributed by atoms with E-state index in [1.54, 1.807) is 12.1 Å². The summed E-state index contributed by atoms with van der Waals surface area (Å²) >= 11 is 3.27. The second kappa shape index (κ2) is 5.79. The van der Waals surface area contributed by atoms with Crippen LogP contribution in [0.25, 0.3) is 0 Å². The number of phenolic OH excluding ortho intramolecular Hbond substituents is 1. The number of likely N-dealkylation sites (tertiary alicyclic amines) is 1. The van der Waals surface area contributed by atoms with Gasteiger partial charge >= 0.3 is 6.09 Å². The lowest BCUT2D eigenvalue weighted by atomic mass is 9.86. The van der Waals surface area contributed by atoms with Gasteiger partial charge in [0.2, 0.25) is 0 Å². The highest BCUT2D eigenvalue weighted by molar-refractivity contribution is 9.10. The number of aliphatic hydroxyl groups is 1. The lowest BCUT2D eigenvalue weighted by Crippen LogP contribution is -2.26. The molecule has 6 heteroatoms. The van der Waals surface area contributed by atoms with E-state index in [9.17, 15) is 9.90 Å². The molecule has 1 heterocycles. The summed E-state index contributed by atoms with van der Waals surface area (Å²) < 4.78 is 0.599. The number of benzene rings is 1. The molecule has 0 bridgehead atoms. The number of halogens is 1. The molecule has 1 aromatic carbocycles. The minimum Gasteiger partial charge on any atom is -0.506 e. The van der Waals surface area contributed by atoms with E-state index in [-0.39, 0.29) is 24.2 Å². The molecule has 1 fully saturated rings. The smallest absolute Gasteiger partial charge is 0.407 e. The van der Waals surface area contributed by atoms with Gasteiger partial charge in [-0.2, -0.15) is 0 Å². The summed E-state index contributed by atoms with van der Waals surface area (Å²) in [4.78, 5) is 12.4. The molecule has 2 unspecified atom stereocenters. The van der Waals surface area contributed by atoms with Gasteiger partial charge in [-0.1, -0.05) is 12.1 Å². The van der Waals surface area contributed by atoms with Crippen LogP contribution >= 0.6 is 15.9 Å². The monoisotopic (exact) mass is 329 g/mol. The minimum absolute atomic E-state index is 0.0173. The van der Waals surface area contributed by atoms with Crippen LogP contribution in [0.5, 0.6) is 5.75 Å². The van der Waals surface area contributed by atoms with E-state index < -0.39 is 6.09 Å². The Kier molecular flexibility index (Phi) is 4.31. The van der Waals surface area contributed by atoms with Gasteiger partial charge in [0.05, 0.1) is 4.47 Å². The second-order valence-electron chi connectivity index (χ2n) is 4.74. The Hall–Kier alpha value is -1.27. The molecule has 1 saturated heterocycles. The summed E-state index contributed by atoms with van der Waals surface area (Å²) in [5, 5.41) is 28.3. The summed E-state index contributed by atoms with van der Waals surface area (Å²) in [6, 6.07) is 5.36.